The molecule has 0 N–H and O–H groups in total. The fourth-order valence-electron chi connectivity index (χ4n) is 2.74. The number of hydrogen-bond acceptors (Lipinski definition) is 4. The van der Waals surface area contributed by atoms with Gasteiger partial charge in [0.2, 0.25) is 19.1 Å². The highest BCUT2D eigenvalue weighted by Gasteiger charge is 2.22. The molecule has 1 aromatic rings. The molecular weight excluding hydrogens is 284 g/mol. The number of aryl methyl sites for hydroxylation is 1. The van der Waals surface area contributed by atoms with Crippen LogP contribution in [0, 0.1) is 0 Å². The first-order chi connectivity index (χ1) is 10.7. The Kier molecular flexibility index (Phi) is 5.44. The molecule has 1 atom stereocenters. The lowest BCUT2D eigenvalue weighted by atomic mass is 10.0. The minimum Gasteiger partial charge on any atom is -0.494 e. The van der Waals surface area contributed by atoms with Crippen LogP contribution in [0.5, 0.6) is 17.2 Å². The molecule has 1 aliphatic carbocycles. The SMILES string of the molecule is COc1cc2c(c(OC)c1OC)C=C([C-]=[O+]C)C(OC)CC2. The number of ether oxygens (including phenoxy) is 4. The Morgan fingerprint density at radius 2 is 1.82 bits per heavy atom. The lowest BCUT2D eigenvalue weighted by molar-refractivity contribution is 0.125. The second kappa shape index (κ2) is 7.31. The van der Waals surface area contributed by atoms with Gasteiger partial charge < -0.3 is 23.4 Å². The summed E-state index contributed by atoms with van der Waals surface area (Å²) in [7, 11) is 8.09. The fraction of sp³-hybridized carbons (Fsp3) is 0.471. The van der Waals surface area contributed by atoms with Crippen LogP contribution in [-0.2, 0) is 15.6 Å². The van der Waals surface area contributed by atoms with Gasteiger partial charge in [-0.2, -0.15) is 6.08 Å². The molecule has 1 unspecified atom stereocenters. The third-order valence-electron chi connectivity index (χ3n) is 3.78. The molecule has 0 saturated heterocycles. The molecule has 0 bridgehead atoms. The summed E-state index contributed by atoms with van der Waals surface area (Å²) in [6.07, 6.45) is 6.44. The minimum absolute atomic E-state index is 0.0750. The molecule has 0 fully saturated rings. The molecule has 0 spiro atoms. The molecular formula is C17H22O5. The number of hydrogen-bond donors (Lipinski definition) is 0. The second-order valence-corrected chi connectivity index (χ2v) is 4.89. The molecule has 1 aliphatic rings. The molecule has 1 aromatic carbocycles. The average Bonchev–Trinajstić information content (AvgIpc) is 2.72. The first-order valence-corrected chi connectivity index (χ1v) is 7.05. The van der Waals surface area contributed by atoms with Crippen molar-refractivity contribution in [3.63, 3.8) is 0 Å². The van der Waals surface area contributed by atoms with Crippen LogP contribution in [0.4, 0.5) is 0 Å². The van der Waals surface area contributed by atoms with Gasteiger partial charge in [-0.1, -0.05) is 16.7 Å². The Morgan fingerprint density at radius 3 is 2.36 bits per heavy atom. The van der Waals surface area contributed by atoms with Crippen molar-refractivity contribution < 1.29 is 23.4 Å². The van der Waals surface area contributed by atoms with Gasteiger partial charge in [0.15, 0.2) is 11.5 Å². The van der Waals surface area contributed by atoms with Gasteiger partial charge in [0, 0.05) is 7.11 Å². The van der Waals surface area contributed by atoms with Gasteiger partial charge in [-0.05, 0) is 18.9 Å². The minimum atomic E-state index is -0.0750. The first-order valence-electron chi connectivity index (χ1n) is 7.05. The van der Waals surface area contributed by atoms with E-state index in [2.05, 4.69) is 6.29 Å². The van der Waals surface area contributed by atoms with Crippen molar-refractivity contribution in [1.29, 1.82) is 0 Å². The van der Waals surface area contributed by atoms with E-state index in [1.165, 1.54) is 0 Å². The van der Waals surface area contributed by atoms with Crippen molar-refractivity contribution in [1.82, 2.24) is 0 Å². The Bertz CT molecular complexity index is 589. The van der Waals surface area contributed by atoms with E-state index in [0.717, 1.165) is 29.5 Å². The summed E-state index contributed by atoms with van der Waals surface area (Å²) in [5.41, 5.74) is 2.90. The number of methoxy groups -OCH3 is 4. The van der Waals surface area contributed by atoms with Crippen LogP contribution in [0.25, 0.3) is 6.08 Å². The van der Waals surface area contributed by atoms with Crippen LogP contribution < -0.4 is 14.2 Å². The van der Waals surface area contributed by atoms with Gasteiger partial charge >= 0.3 is 0 Å². The van der Waals surface area contributed by atoms with Crippen LogP contribution >= 0.6 is 0 Å². The zero-order chi connectivity index (χ0) is 16.1. The lowest BCUT2D eigenvalue weighted by Crippen LogP contribution is -2.14. The van der Waals surface area contributed by atoms with Crippen molar-refractivity contribution in [2.45, 2.75) is 18.9 Å². The molecule has 120 valence electrons. The molecule has 0 aromatic heterocycles. The van der Waals surface area contributed by atoms with E-state index in [1.54, 1.807) is 35.5 Å². The molecule has 5 heteroatoms. The summed E-state index contributed by atoms with van der Waals surface area (Å²) in [4.78, 5) is 0. The zero-order valence-electron chi connectivity index (χ0n) is 13.7. The van der Waals surface area contributed by atoms with E-state index in [0.29, 0.717) is 17.2 Å². The van der Waals surface area contributed by atoms with Gasteiger partial charge in [-0.25, -0.2) is 0 Å². The predicted molar refractivity (Wildman–Crippen MR) is 84.8 cm³/mol. The number of carbonyl (C=O) groups excluding carboxylic acids is 1. The molecule has 0 saturated carbocycles. The maximum Gasteiger partial charge on any atom is 0.229 e. The number of fused-ring (bicyclic) bond motifs is 1. The van der Waals surface area contributed by atoms with Gasteiger partial charge in [0.1, 0.15) is 0 Å². The Morgan fingerprint density at radius 1 is 1.09 bits per heavy atom. The summed E-state index contributed by atoms with van der Waals surface area (Å²) < 4.78 is 27.0. The van der Waals surface area contributed by atoms with E-state index in [4.69, 9.17) is 23.4 Å². The maximum absolute atomic E-state index is 5.57. The van der Waals surface area contributed by atoms with E-state index in [9.17, 15) is 0 Å². The smallest absolute Gasteiger partial charge is 0.229 e. The molecule has 0 heterocycles. The highest BCUT2D eigenvalue weighted by atomic mass is 16.5. The summed E-state index contributed by atoms with van der Waals surface area (Å²) in [6.45, 7) is 0. The summed E-state index contributed by atoms with van der Waals surface area (Å²) in [5, 5.41) is 0. The molecule has 0 aliphatic heterocycles. The highest BCUT2D eigenvalue weighted by Crippen LogP contribution is 2.44. The van der Waals surface area contributed by atoms with Crippen molar-refractivity contribution in [3.8, 4) is 17.2 Å². The topological polar surface area (TPSA) is 48.2 Å². The van der Waals surface area contributed by atoms with Crippen molar-refractivity contribution in [3.05, 3.63) is 22.8 Å². The molecule has 5 nitrogen and oxygen atoms in total. The quantitative estimate of drug-likeness (QED) is 0.619. The van der Waals surface area contributed by atoms with Gasteiger partial charge in [0.25, 0.3) is 0 Å². The van der Waals surface area contributed by atoms with E-state index in [-0.39, 0.29) is 6.10 Å². The monoisotopic (exact) mass is 306 g/mol. The summed E-state index contributed by atoms with van der Waals surface area (Å²) in [5.74, 6) is 1.88. The molecule has 0 radical (unpaired) electrons. The molecule has 2 rings (SSSR count). The largest absolute Gasteiger partial charge is 0.494 e. The Hall–Kier alpha value is -2.01. The molecule has 22 heavy (non-hydrogen) atoms. The van der Waals surface area contributed by atoms with Gasteiger partial charge in [0.05, 0.1) is 27.4 Å². The highest BCUT2D eigenvalue weighted by molar-refractivity contribution is 5.87. The van der Waals surface area contributed by atoms with Crippen molar-refractivity contribution in [2.24, 2.45) is 0 Å². The number of benzene rings is 1. The lowest BCUT2D eigenvalue weighted by Gasteiger charge is -2.19. The summed E-state index contributed by atoms with van der Waals surface area (Å²) in [6, 6.07) is 1.98. The van der Waals surface area contributed by atoms with E-state index < -0.39 is 0 Å². The van der Waals surface area contributed by atoms with Crippen molar-refractivity contribution in [2.75, 3.05) is 35.5 Å². The molecule has 0 amide bonds. The third-order valence-corrected chi connectivity index (χ3v) is 3.78. The standard InChI is InChI=1S/C17H22O5/c1-18-10-12-8-13-11(6-7-14(12)19-2)9-15(20-3)17(22-5)16(13)21-4/h8-9,14H,6-7H2,1-5H3. The first kappa shape index (κ1) is 16.4. The Balaban J connectivity index is 2.68. The van der Waals surface area contributed by atoms with Crippen LogP contribution in [-0.4, -0.2) is 47.9 Å². The average molecular weight is 306 g/mol. The van der Waals surface area contributed by atoms with Crippen LogP contribution in [0.3, 0.4) is 0 Å². The normalized spacial score (nSPS) is 17.7. The predicted octanol–water partition coefficient (Wildman–Crippen LogP) is 2.33. The van der Waals surface area contributed by atoms with Gasteiger partial charge in [-0.3, -0.25) is 0 Å². The fourth-order valence-corrected chi connectivity index (χ4v) is 2.74. The van der Waals surface area contributed by atoms with Gasteiger partial charge in [-0.15, -0.1) is 0 Å². The third kappa shape index (κ3) is 2.95. The second-order valence-electron chi connectivity index (χ2n) is 4.89. The zero-order valence-corrected chi connectivity index (χ0v) is 13.7. The summed E-state index contributed by atoms with van der Waals surface area (Å²) >= 11 is 0. The van der Waals surface area contributed by atoms with Crippen LogP contribution in [0.2, 0.25) is 0 Å². The van der Waals surface area contributed by atoms with Crippen LogP contribution in [0.15, 0.2) is 11.6 Å². The van der Waals surface area contributed by atoms with Crippen LogP contribution in [0.1, 0.15) is 17.5 Å². The van der Waals surface area contributed by atoms with E-state index in [1.807, 2.05) is 12.1 Å². The van der Waals surface area contributed by atoms with Crippen molar-refractivity contribution >= 4 is 12.4 Å². The number of rotatable bonds is 5. The van der Waals surface area contributed by atoms with E-state index >= 15 is 0 Å². The Labute approximate surface area is 131 Å². The maximum atomic E-state index is 5.57.